The van der Waals surface area contributed by atoms with Gasteiger partial charge >= 0.3 is 5.97 Å². The van der Waals surface area contributed by atoms with Crippen molar-refractivity contribution in [2.75, 3.05) is 0 Å². The number of rotatable bonds is 3. The highest BCUT2D eigenvalue weighted by molar-refractivity contribution is 5.89. The first kappa shape index (κ1) is 13.9. The van der Waals surface area contributed by atoms with Crippen LogP contribution in [0.5, 0.6) is 5.75 Å². The Morgan fingerprint density at radius 1 is 1.09 bits per heavy atom. The third kappa shape index (κ3) is 2.46. The molecule has 3 aromatic rings. The minimum absolute atomic E-state index is 0.0464. The number of phenols is 1. The number of carboxylic acid groups (broad SMARTS) is 1. The normalized spacial score (nSPS) is 11.3. The molecule has 0 aliphatic carbocycles. The summed E-state index contributed by atoms with van der Waals surface area (Å²) in [7, 11) is 1.98. The molecule has 110 valence electrons. The second kappa shape index (κ2) is 5.41. The van der Waals surface area contributed by atoms with Crippen LogP contribution in [0.4, 0.5) is 0 Å². The summed E-state index contributed by atoms with van der Waals surface area (Å²) in [6.45, 7) is 0. The average molecular weight is 293 g/mol. The van der Waals surface area contributed by atoms with Crippen molar-refractivity contribution in [3.63, 3.8) is 0 Å². The first-order chi connectivity index (χ1) is 10.6. The number of phenolic OH excluding ortho intramolecular Hbond substituents is 1. The van der Waals surface area contributed by atoms with Crippen LogP contribution in [-0.4, -0.2) is 20.7 Å². The van der Waals surface area contributed by atoms with Gasteiger partial charge in [-0.05, 0) is 36.4 Å². The van der Waals surface area contributed by atoms with Crippen LogP contribution in [0.15, 0.2) is 48.5 Å². The van der Waals surface area contributed by atoms with E-state index in [1.54, 1.807) is 12.1 Å². The number of nitrogens with zero attached hydrogens (tertiary/aromatic N) is 1. The molecule has 4 heteroatoms. The van der Waals surface area contributed by atoms with Gasteiger partial charge in [0, 0.05) is 29.2 Å². The van der Waals surface area contributed by atoms with Gasteiger partial charge in [0.1, 0.15) is 5.75 Å². The van der Waals surface area contributed by atoms with Gasteiger partial charge in [0.25, 0.3) is 0 Å². The Kier molecular flexibility index (Phi) is 3.43. The topological polar surface area (TPSA) is 62.5 Å². The third-order valence-corrected chi connectivity index (χ3v) is 3.70. The number of hydrogen-bond donors (Lipinski definition) is 2. The van der Waals surface area contributed by atoms with Crippen LogP contribution in [-0.2, 0) is 7.05 Å². The van der Waals surface area contributed by atoms with Crippen molar-refractivity contribution in [3.05, 3.63) is 65.4 Å². The van der Waals surface area contributed by atoms with E-state index in [1.165, 1.54) is 12.1 Å². The zero-order valence-corrected chi connectivity index (χ0v) is 12.0. The summed E-state index contributed by atoms with van der Waals surface area (Å²) in [5, 5.41) is 19.9. The molecule has 1 aromatic heterocycles. The van der Waals surface area contributed by atoms with Gasteiger partial charge in [-0.2, -0.15) is 0 Å². The summed E-state index contributed by atoms with van der Waals surface area (Å²) in [5.74, 6) is -1.10. The van der Waals surface area contributed by atoms with Crippen LogP contribution in [0.1, 0.15) is 21.6 Å². The first-order valence-electron chi connectivity index (χ1n) is 6.85. The lowest BCUT2D eigenvalue weighted by Gasteiger charge is -2.02. The van der Waals surface area contributed by atoms with Gasteiger partial charge in [0.05, 0.1) is 5.56 Å². The van der Waals surface area contributed by atoms with E-state index in [9.17, 15) is 9.90 Å². The standard InChI is InChI=1S/C18H15NO3/c1-19-15(10-13-4-2-3-5-16(13)19)9-8-12-6-7-14(18(21)22)11-17(12)20/h2-11,20H,1H3,(H,21,22). The summed E-state index contributed by atoms with van der Waals surface area (Å²) in [4.78, 5) is 10.9. The molecule has 2 aromatic carbocycles. The van der Waals surface area contributed by atoms with Crippen LogP contribution in [0.2, 0.25) is 0 Å². The second-order valence-corrected chi connectivity index (χ2v) is 5.10. The minimum Gasteiger partial charge on any atom is -0.507 e. The lowest BCUT2D eigenvalue weighted by molar-refractivity contribution is 0.0696. The van der Waals surface area contributed by atoms with E-state index >= 15 is 0 Å². The molecule has 4 nitrogen and oxygen atoms in total. The Morgan fingerprint density at radius 3 is 2.55 bits per heavy atom. The summed E-state index contributed by atoms with van der Waals surface area (Å²) in [5.41, 5.74) is 2.78. The van der Waals surface area contributed by atoms with E-state index in [1.807, 2.05) is 37.4 Å². The van der Waals surface area contributed by atoms with Gasteiger partial charge in [0.15, 0.2) is 0 Å². The molecule has 0 unspecified atom stereocenters. The monoisotopic (exact) mass is 293 g/mol. The average Bonchev–Trinajstić information content (AvgIpc) is 2.83. The van der Waals surface area contributed by atoms with E-state index < -0.39 is 5.97 Å². The predicted octanol–water partition coefficient (Wildman–Crippen LogP) is 3.75. The van der Waals surface area contributed by atoms with Gasteiger partial charge in [-0.3, -0.25) is 0 Å². The van der Waals surface area contributed by atoms with Gasteiger partial charge in [0.2, 0.25) is 0 Å². The number of carboxylic acids is 1. The van der Waals surface area contributed by atoms with E-state index in [2.05, 4.69) is 10.6 Å². The fourth-order valence-corrected chi connectivity index (χ4v) is 2.46. The Labute approximate surface area is 127 Å². The molecular weight excluding hydrogens is 278 g/mol. The maximum absolute atomic E-state index is 10.9. The van der Waals surface area contributed by atoms with E-state index in [-0.39, 0.29) is 11.3 Å². The number of hydrogen-bond acceptors (Lipinski definition) is 2. The quantitative estimate of drug-likeness (QED) is 0.773. The van der Waals surface area contributed by atoms with Crippen molar-refractivity contribution in [1.29, 1.82) is 0 Å². The molecule has 0 amide bonds. The number of benzene rings is 2. The lowest BCUT2D eigenvalue weighted by Crippen LogP contribution is -1.95. The van der Waals surface area contributed by atoms with E-state index in [4.69, 9.17) is 5.11 Å². The molecule has 0 saturated carbocycles. The molecule has 0 aliphatic heterocycles. The number of aromatic nitrogens is 1. The van der Waals surface area contributed by atoms with Crippen molar-refractivity contribution >= 4 is 29.0 Å². The van der Waals surface area contributed by atoms with Crippen molar-refractivity contribution in [2.24, 2.45) is 7.05 Å². The molecule has 0 spiro atoms. The van der Waals surface area contributed by atoms with Gasteiger partial charge in [-0.25, -0.2) is 4.79 Å². The number of aryl methyl sites for hydroxylation is 1. The second-order valence-electron chi connectivity index (χ2n) is 5.10. The molecular formula is C18H15NO3. The SMILES string of the molecule is Cn1c(C=Cc2ccc(C(=O)O)cc2O)cc2ccccc21. The minimum atomic E-state index is -1.06. The maximum Gasteiger partial charge on any atom is 0.335 e. The molecule has 0 saturated heterocycles. The van der Waals surface area contributed by atoms with Crippen molar-refractivity contribution in [3.8, 4) is 5.75 Å². The highest BCUT2D eigenvalue weighted by Gasteiger charge is 2.06. The van der Waals surface area contributed by atoms with Crippen LogP contribution in [0.3, 0.4) is 0 Å². The summed E-state index contributed by atoms with van der Waals surface area (Å²) < 4.78 is 2.06. The Morgan fingerprint density at radius 2 is 1.86 bits per heavy atom. The predicted molar refractivity (Wildman–Crippen MR) is 86.9 cm³/mol. The molecule has 0 atom stereocenters. The summed E-state index contributed by atoms with van der Waals surface area (Å²) in [6, 6.07) is 14.5. The molecule has 3 rings (SSSR count). The van der Waals surface area contributed by atoms with Crippen LogP contribution < -0.4 is 0 Å². The highest BCUT2D eigenvalue weighted by atomic mass is 16.4. The number of aromatic hydroxyl groups is 1. The molecule has 0 aliphatic rings. The van der Waals surface area contributed by atoms with E-state index in [0.29, 0.717) is 5.56 Å². The summed E-state index contributed by atoms with van der Waals surface area (Å²) in [6.07, 6.45) is 3.67. The molecule has 0 bridgehead atoms. The zero-order chi connectivity index (χ0) is 15.7. The third-order valence-electron chi connectivity index (χ3n) is 3.70. The molecule has 2 N–H and O–H groups in total. The fraction of sp³-hybridized carbons (Fsp3) is 0.0556. The van der Waals surface area contributed by atoms with Gasteiger partial charge in [-0.15, -0.1) is 0 Å². The van der Waals surface area contributed by atoms with Crippen molar-refractivity contribution in [1.82, 2.24) is 4.57 Å². The van der Waals surface area contributed by atoms with Crippen molar-refractivity contribution < 1.29 is 15.0 Å². The molecule has 1 heterocycles. The van der Waals surface area contributed by atoms with Crippen LogP contribution >= 0.6 is 0 Å². The maximum atomic E-state index is 10.9. The molecule has 22 heavy (non-hydrogen) atoms. The van der Waals surface area contributed by atoms with Crippen molar-refractivity contribution in [2.45, 2.75) is 0 Å². The number of para-hydroxylation sites is 1. The fourth-order valence-electron chi connectivity index (χ4n) is 2.46. The Balaban J connectivity index is 1.96. The summed E-state index contributed by atoms with van der Waals surface area (Å²) >= 11 is 0. The first-order valence-corrected chi connectivity index (χ1v) is 6.85. The van der Waals surface area contributed by atoms with Gasteiger partial charge in [-0.1, -0.05) is 24.3 Å². The number of fused-ring (bicyclic) bond motifs is 1. The number of carbonyl (C=O) groups is 1. The Hall–Kier alpha value is -3.01. The molecule has 0 fully saturated rings. The van der Waals surface area contributed by atoms with Crippen LogP contribution in [0, 0.1) is 0 Å². The zero-order valence-electron chi connectivity index (χ0n) is 12.0. The lowest BCUT2D eigenvalue weighted by atomic mass is 10.1. The largest absolute Gasteiger partial charge is 0.507 e. The van der Waals surface area contributed by atoms with Crippen LogP contribution in [0.25, 0.3) is 23.1 Å². The van der Waals surface area contributed by atoms with Gasteiger partial charge < -0.3 is 14.8 Å². The Bertz CT molecular complexity index is 890. The highest BCUT2D eigenvalue weighted by Crippen LogP contribution is 2.23. The van der Waals surface area contributed by atoms with E-state index in [0.717, 1.165) is 16.6 Å². The number of aromatic carboxylic acids is 1. The molecule has 0 radical (unpaired) electrons. The smallest absolute Gasteiger partial charge is 0.335 e.